The molecule has 0 bridgehead atoms. The first-order chi connectivity index (χ1) is 12.8. The van der Waals surface area contributed by atoms with E-state index in [-0.39, 0.29) is 15.0 Å². The van der Waals surface area contributed by atoms with Crippen molar-refractivity contribution in [2.75, 3.05) is 5.32 Å². The third kappa shape index (κ3) is 4.93. The van der Waals surface area contributed by atoms with Crippen molar-refractivity contribution in [2.24, 2.45) is 0 Å². The molecule has 3 rings (SSSR count). The molecule has 0 aliphatic heterocycles. The molecular formula is C18H11ClF3N3OS. The summed E-state index contributed by atoms with van der Waals surface area (Å²) in [6.45, 7) is 0. The Morgan fingerprint density at radius 3 is 2.26 bits per heavy atom. The molecule has 0 unspecified atom stereocenters. The molecule has 1 amide bonds. The minimum Gasteiger partial charge on any atom is -0.320 e. The standard InChI is InChI=1S/C18H11ClF3N3OS/c19-14(10-11-6-8-12(9-7-11)18(20,21)22)16-24-25-17(27-16)15(26)23-13-4-2-1-3-5-13/h1-10H,(H,23,26)/b14-10+. The van der Waals surface area contributed by atoms with E-state index in [1.54, 1.807) is 24.3 Å². The van der Waals surface area contributed by atoms with Crippen molar-refractivity contribution >= 4 is 45.6 Å². The largest absolute Gasteiger partial charge is 0.416 e. The zero-order chi connectivity index (χ0) is 19.4. The van der Waals surface area contributed by atoms with E-state index in [9.17, 15) is 18.0 Å². The number of carbonyl (C=O) groups excluding carboxylic acids is 1. The van der Waals surface area contributed by atoms with Crippen LogP contribution in [0.1, 0.15) is 25.9 Å². The fraction of sp³-hybridized carbons (Fsp3) is 0.0556. The summed E-state index contributed by atoms with van der Waals surface area (Å²) in [5.41, 5.74) is 0.343. The van der Waals surface area contributed by atoms with Gasteiger partial charge in [-0.3, -0.25) is 4.79 Å². The summed E-state index contributed by atoms with van der Waals surface area (Å²) < 4.78 is 37.8. The number of rotatable bonds is 4. The van der Waals surface area contributed by atoms with Gasteiger partial charge in [0, 0.05) is 5.69 Å². The highest BCUT2D eigenvalue weighted by Gasteiger charge is 2.29. The van der Waals surface area contributed by atoms with Gasteiger partial charge in [0.1, 0.15) is 0 Å². The molecule has 0 saturated carbocycles. The lowest BCUT2D eigenvalue weighted by Gasteiger charge is -2.06. The predicted molar refractivity (Wildman–Crippen MR) is 99.5 cm³/mol. The molecule has 0 aliphatic carbocycles. The molecule has 0 aliphatic rings. The molecule has 0 spiro atoms. The van der Waals surface area contributed by atoms with E-state index in [1.807, 2.05) is 6.07 Å². The number of alkyl halides is 3. The highest BCUT2D eigenvalue weighted by atomic mass is 35.5. The van der Waals surface area contributed by atoms with Crippen LogP contribution in [0.4, 0.5) is 18.9 Å². The maximum absolute atomic E-state index is 12.6. The summed E-state index contributed by atoms with van der Waals surface area (Å²) in [7, 11) is 0. The topological polar surface area (TPSA) is 54.9 Å². The van der Waals surface area contributed by atoms with Gasteiger partial charge in [0.25, 0.3) is 5.91 Å². The monoisotopic (exact) mass is 409 g/mol. The van der Waals surface area contributed by atoms with Gasteiger partial charge < -0.3 is 5.32 Å². The molecule has 4 nitrogen and oxygen atoms in total. The molecule has 2 aromatic carbocycles. The van der Waals surface area contributed by atoms with Crippen LogP contribution >= 0.6 is 22.9 Å². The van der Waals surface area contributed by atoms with E-state index < -0.39 is 17.6 Å². The van der Waals surface area contributed by atoms with Crippen LogP contribution in [0.15, 0.2) is 54.6 Å². The summed E-state index contributed by atoms with van der Waals surface area (Å²) in [5, 5.41) is 10.9. The normalized spacial score (nSPS) is 12.1. The highest BCUT2D eigenvalue weighted by Crippen LogP contribution is 2.30. The average Bonchev–Trinajstić information content (AvgIpc) is 3.13. The fourth-order valence-electron chi connectivity index (χ4n) is 2.09. The van der Waals surface area contributed by atoms with Crippen LogP contribution in [0.25, 0.3) is 11.1 Å². The van der Waals surface area contributed by atoms with Crippen LogP contribution < -0.4 is 5.32 Å². The van der Waals surface area contributed by atoms with Gasteiger partial charge in [-0.2, -0.15) is 13.2 Å². The minimum absolute atomic E-state index is 0.118. The second kappa shape index (κ2) is 7.89. The van der Waals surface area contributed by atoms with Crippen molar-refractivity contribution in [1.29, 1.82) is 0 Å². The maximum atomic E-state index is 12.6. The van der Waals surface area contributed by atoms with E-state index in [0.29, 0.717) is 11.3 Å². The third-order valence-electron chi connectivity index (χ3n) is 3.39. The van der Waals surface area contributed by atoms with Gasteiger partial charge in [-0.1, -0.05) is 53.3 Å². The van der Waals surface area contributed by atoms with Crippen LogP contribution in [0, 0.1) is 0 Å². The second-order valence-electron chi connectivity index (χ2n) is 5.34. The summed E-state index contributed by atoms with van der Waals surface area (Å²) >= 11 is 7.14. The first-order valence-corrected chi connectivity index (χ1v) is 8.77. The van der Waals surface area contributed by atoms with Crippen molar-refractivity contribution in [2.45, 2.75) is 6.18 Å². The van der Waals surface area contributed by atoms with Gasteiger partial charge in [0.05, 0.1) is 10.6 Å². The number of hydrogen-bond acceptors (Lipinski definition) is 4. The van der Waals surface area contributed by atoms with Crippen molar-refractivity contribution in [3.8, 4) is 0 Å². The summed E-state index contributed by atoms with van der Waals surface area (Å²) in [6, 6.07) is 13.4. The Hall–Kier alpha value is -2.71. The minimum atomic E-state index is -4.40. The molecule has 138 valence electrons. The van der Waals surface area contributed by atoms with Crippen LogP contribution in [-0.2, 0) is 6.18 Å². The van der Waals surface area contributed by atoms with Crippen LogP contribution in [-0.4, -0.2) is 16.1 Å². The molecule has 9 heteroatoms. The smallest absolute Gasteiger partial charge is 0.320 e. The van der Waals surface area contributed by atoms with Crippen LogP contribution in [0.5, 0.6) is 0 Å². The van der Waals surface area contributed by atoms with E-state index in [0.717, 1.165) is 23.5 Å². The predicted octanol–water partition coefficient (Wildman–Crippen LogP) is 5.55. The van der Waals surface area contributed by atoms with Gasteiger partial charge in [-0.25, -0.2) is 0 Å². The molecule has 3 aromatic rings. The molecule has 27 heavy (non-hydrogen) atoms. The van der Waals surface area contributed by atoms with Crippen molar-refractivity contribution in [3.63, 3.8) is 0 Å². The van der Waals surface area contributed by atoms with E-state index in [1.165, 1.54) is 18.2 Å². The van der Waals surface area contributed by atoms with Crippen LogP contribution in [0.3, 0.4) is 0 Å². The summed E-state index contributed by atoms with van der Waals surface area (Å²) in [5.74, 6) is -0.427. The summed E-state index contributed by atoms with van der Waals surface area (Å²) in [6.07, 6.45) is -2.94. The molecule has 0 fully saturated rings. The maximum Gasteiger partial charge on any atom is 0.416 e. The Balaban J connectivity index is 1.73. The van der Waals surface area contributed by atoms with Gasteiger partial charge in [-0.15, -0.1) is 10.2 Å². The highest BCUT2D eigenvalue weighted by molar-refractivity contribution is 7.15. The zero-order valence-electron chi connectivity index (χ0n) is 13.5. The van der Waals surface area contributed by atoms with Crippen molar-refractivity contribution in [3.05, 3.63) is 75.7 Å². The number of benzene rings is 2. The number of hydrogen-bond donors (Lipinski definition) is 1. The van der Waals surface area contributed by atoms with Gasteiger partial charge in [-0.05, 0) is 35.9 Å². The molecule has 1 aromatic heterocycles. The Morgan fingerprint density at radius 1 is 1.00 bits per heavy atom. The molecule has 0 radical (unpaired) electrons. The number of nitrogens with one attached hydrogen (secondary N) is 1. The molecule has 1 heterocycles. The Labute approximate surface area is 161 Å². The van der Waals surface area contributed by atoms with E-state index in [4.69, 9.17) is 11.6 Å². The number of nitrogens with zero attached hydrogens (tertiary/aromatic N) is 2. The quantitative estimate of drug-likeness (QED) is 0.615. The van der Waals surface area contributed by atoms with E-state index >= 15 is 0 Å². The number of halogens is 4. The van der Waals surface area contributed by atoms with Gasteiger partial charge >= 0.3 is 6.18 Å². The third-order valence-corrected chi connectivity index (χ3v) is 4.74. The molecular weight excluding hydrogens is 399 g/mol. The lowest BCUT2D eigenvalue weighted by Crippen LogP contribution is -2.11. The Kier molecular flexibility index (Phi) is 5.57. The van der Waals surface area contributed by atoms with Gasteiger partial charge in [0.2, 0.25) is 5.01 Å². The zero-order valence-corrected chi connectivity index (χ0v) is 15.1. The number of anilines is 1. The second-order valence-corrected chi connectivity index (χ2v) is 6.73. The van der Waals surface area contributed by atoms with Crippen molar-refractivity contribution < 1.29 is 18.0 Å². The Morgan fingerprint density at radius 2 is 1.63 bits per heavy atom. The number of para-hydroxylation sites is 1. The number of amides is 1. The summed E-state index contributed by atoms with van der Waals surface area (Å²) in [4.78, 5) is 12.2. The van der Waals surface area contributed by atoms with Gasteiger partial charge in [0.15, 0.2) is 5.01 Å². The van der Waals surface area contributed by atoms with Crippen molar-refractivity contribution in [1.82, 2.24) is 10.2 Å². The number of carbonyl (C=O) groups is 1. The SMILES string of the molecule is O=C(Nc1ccccc1)c1nnc(/C(Cl)=C\c2ccc(C(F)(F)F)cc2)s1. The average molecular weight is 410 g/mol. The first-order valence-electron chi connectivity index (χ1n) is 7.57. The molecule has 0 atom stereocenters. The van der Waals surface area contributed by atoms with E-state index in [2.05, 4.69) is 15.5 Å². The van der Waals surface area contributed by atoms with Crippen LogP contribution in [0.2, 0.25) is 0 Å². The first kappa shape index (κ1) is 19.1. The molecule has 1 N–H and O–H groups in total. The molecule has 0 saturated heterocycles. The lowest BCUT2D eigenvalue weighted by molar-refractivity contribution is -0.137. The fourth-order valence-corrected chi connectivity index (χ4v) is 3.02. The number of aromatic nitrogens is 2. The Bertz CT molecular complexity index is 970. The lowest BCUT2D eigenvalue weighted by atomic mass is 10.1.